The van der Waals surface area contributed by atoms with E-state index in [9.17, 15) is 9.59 Å². The van der Waals surface area contributed by atoms with E-state index in [1.54, 1.807) is 12.4 Å². The number of rotatable bonds is 6. The summed E-state index contributed by atoms with van der Waals surface area (Å²) in [5.41, 5.74) is 1.94. The van der Waals surface area contributed by atoms with Crippen LogP contribution in [-0.4, -0.2) is 42.2 Å². The van der Waals surface area contributed by atoms with Crippen molar-refractivity contribution in [2.75, 3.05) is 0 Å². The molecule has 3 aromatic heterocycles. The molecule has 0 spiro atoms. The van der Waals surface area contributed by atoms with Crippen LogP contribution in [-0.2, 0) is 17.6 Å². The molecule has 0 aliphatic rings. The number of hydrogen-bond donors (Lipinski definition) is 1. The molecule has 1 N–H and O–H groups in total. The summed E-state index contributed by atoms with van der Waals surface area (Å²) in [5, 5.41) is 14.9. The van der Waals surface area contributed by atoms with Gasteiger partial charge in [-0.2, -0.15) is 5.21 Å². The summed E-state index contributed by atoms with van der Waals surface area (Å²) in [6, 6.07) is 3.81. The molecule has 0 saturated heterocycles. The van der Waals surface area contributed by atoms with Crippen molar-refractivity contribution in [2.45, 2.75) is 12.8 Å². The van der Waals surface area contributed by atoms with Crippen LogP contribution in [0.15, 0.2) is 29.9 Å². The topological polar surface area (TPSA) is 114 Å². The maximum Gasteiger partial charge on any atom is 0.269 e. The molecule has 0 radical (unpaired) electrons. The molecular weight excluding hydrogens is 304 g/mol. The zero-order valence-corrected chi connectivity index (χ0v) is 12.1. The van der Waals surface area contributed by atoms with Gasteiger partial charge in [-0.15, -0.1) is 21.5 Å². The number of Topliss-reactive ketones (excluding diaryl/α,β-unsaturated/α-hetero) is 2. The van der Waals surface area contributed by atoms with Crippen molar-refractivity contribution in [2.24, 2.45) is 0 Å². The molecule has 0 unspecified atom stereocenters. The van der Waals surface area contributed by atoms with Crippen LogP contribution in [0.3, 0.4) is 0 Å². The van der Waals surface area contributed by atoms with Gasteiger partial charge < -0.3 is 0 Å². The van der Waals surface area contributed by atoms with Crippen LogP contribution >= 0.6 is 11.3 Å². The van der Waals surface area contributed by atoms with Crippen molar-refractivity contribution >= 4 is 22.9 Å². The Morgan fingerprint density at radius 3 is 2.77 bits per heavy atom. The van der Waals surface area contributed by atoms with Gasteiger partial charge in [-0.3, -0.25) is 14.6 Å². The van der Waals surface area contributed by atoms with Gasteiger partial charge in [-0.25, -0.2) is 4.98 Å². The second-order valence-electron chi connectivity index (χ2n) is 4.43. The van der Waals surface area contributed by atoms with E-state index in [0.29, 0.717) is 11.4 Å². The monoisotopic (exact) mass is 314 g/mol. The van der Waals surface area contributed by atoms with Crippen LogP contribution in [0.1, 0.15) is 26.9 Å². The minimum absolute atomic E-state index is 0.0611. The lowest BCUT2D eigenvalue weighted by molar-refractivity contribution is -0.114. The van der Waals surface area contributed by atoms with Gasteiger partial charge in [0.25, 0.3) is 5.78 Å². The third kappa shape index (κ3) is 3.26. The number of nitrogens with one attached hydrogen (secondary N) is 1. The Kier molecular flexibility index (Phi) is 4.05. The average molecular weight is 314 g/mol. The number of H-pyrrole nitrogens is 1. The number of ketones is 2. The predicted molar refractivity (Wildman–Crippen MR) is 76.4 cm³/mol. The SMILES string of the molecule is O=C(Cc1nc(Cc2ccncc2)cs1)C(=O)c1nn[nH]n1. The van der Waals surface area contributed by atoms with E-state index >= 15 is 0 Å². The smallest absolute Gasteiger partial charge is 0.269 e. The number of carbonyl (C=O) groups is 2. The van der Waals surface area contributed by atoms with Gasteiger partial charge in [0.05, 0.1) is 12.1 Å². The van der Waals surface area contributed by atoms with E-state index in [-0.39, 0.29) is 12.2 Å². The highest BCUT2D eigenvalue weighted by Crippen LogP contribution is 2.14. The largest absolute Gasteiger partial charge is 0.290 e. The Balaban J connectivity index is 1.64. The molecule has 0 aliphatic heterocycles. The minimum atomic E-state index is -0.764. The third-order valence-electron chi connectivity index (χ3n) is 2.85. The molecule has 0 fully saturated rings. The first kappa shape index (κ1) is 14.1. The molecule has 0 atom stereocenters. The summed E-state index contributed by atoms with van der Waals surface area (Å²) in [4.78, 5) is 31.9. The summed E-state index contributed by atoms with van der Waals surface area (Å²) in [6.45, 7) is 0. The third-order valence-corrected chi connectivity index (χ3v) is 3.75. The fraction of sp³-hybridized carbons (Fsp3) is 0.154. The van der Waals surface area contributed by atoms with E-state index in [1.807, 2.05) is 17.5 Å². The Morgan fingerprint density at radius 2 is 2.05 bits per heavy atom. The molecule has 0 aliphatic carbocycles. The maximum atomic E-state index is 11.9. The van der Waals surface area contributed by atoms with Crippen molar-refractivity contribution in [1.82, 2.24) is 30.6 Å². The minimum Gasteiger partial charge on any atom is -0.290 e. The molecule has 22 heavy (non-hydrogen) atoms. The Morgan fingerprint density at radius 1 is 1.23 bits per heavy atom. The number of thiazole rings is 1. The fourth-order valence-electron chi connectivity index (χ4n) is 1.82. The predicted octanol–water partition coefficient (Wildman–Crippen LogP) is 0.637. The number of hydrogen-bond acceptors (Lipinski definition) is 8. The Hall–Kier alpha value is -2.81. The van der Waals surface area contributed by atoms with Crippen molar-refractivity contribution in [3.8, 4) is 0 Å². The highest BCUT2D eigenvalue weighted by Gasteiger charge is 2.21. The van der Waals surface area contributed by atoms with Crippen molar-refractivity contribution < 1.29 is 9.59 Å². The first-order valence-electron chi connectivity index (χ1n) is 6.35. The second-order valence-corrected chi connectivity index (χ2v) is 5.37. The average Bonchev–Trinajstić information content (AvgIpc) is 3.19. The maximum absolute atomic E-state index is 11.9. The Labute approximate surface area is 128 Å². The molecule has 3 heterocycles. The van der Waals surface area contributed by atoms with Crippen LogP contribution in [0, 0.1) is 0 Å². The summed E-state index contributed by atoms with van der Waals surface area (Å²) in [7, 11) is 0. The van der Waals surface area contributed by atoms with Crippen LogP contribution < -0.4 is 0 Å². The summed E-state index contributed by atoms with van der Waals surface area (Å²) < 4.78 is 0. The van der Waals surface area contributed by atoms with Crippen LogP contribution in [0.2, 0.25) is 0 Å². The molecule has 0 amide bonds. The first-order valence-corrected chi connectivity index (χ1v) is 7.23. The Bertz CT molecular complexity index is 784. The number of aromatic amines is 1. The van der Waals surface area contributed by atoms with E-state index in [2.05, 4.69) is 30.6 Å². The van der Waals surface area contributed by atoms with Crippen molar-refractivity contribution in [3.63, 3.8) is 0 Å². The van der Waals surface area contributed by atoms with Gasteiger partial charge in [0.1, 0.15) is 5.01 Å². The van der Waals surface area contributed by atoms with E-state index in [1.165, 1.54) is 11.3 Å². The summed E-state index contributed by atoms with van der Waals surface area (Å²) in [6.07, 6.45) is 4.03. The lowest BCUT2D eigenvalue weighted by Gasteiger charge is -1.96. The molecular formula is C13H10N6O2S. The van der Waals surface area contributed by atoms with Gasteiger partial charge in [-0.1, -0.05) is 0 Å². The zero-order valence-electron chi connectivity index (χ0n) is 11.3. The van der Waals surface area contributed by atoms with Crippen LogP contribution in [0.5, 0.6) is 0 Å². The van der Waals surface area contributed by atoms with Gasteiger partial charge in [0.2, 0.25) is 11.6 Å². The molecule has 0 bridgehead atoms. The highest BCUT2D eigenvalue weighted by molar-refractivity contribution is 7.09. The molecule has 9 heteroatoms. The van der Waals surface area contributed by atoms with Gasteiger partial charge >= 0.3 is 0 Å². The highest BCUT2D eigenvalue weighted by atomic mass is 32.1. The second kappa shape index (κ2) is 6.31. The van der Waals surface area contributed by atoms with Gasteiger partial charge in [-0.05, 0) is 22.9 Å². The van der Waals surface area contributed by atoms with Gasteiger partial charge in [0, 0.05) is 24.2 Å². The number of pyridine rings is 1. The number of nitrogens with zero attached hydrogens (tertiary/aromatic N) is 5. The van der Waals surface area contributed by atoms with E-state index < -0.39 is 11.6 Å². The molecule has 0 aromatic carbocycles. The summed E-state index contributed by atoms with van der Waals surface area (Å²) in [5.74, 6) is -1.59. The number of tetrazole rings is 1. The lowest BCUT2D eigenvalue weighted by atomic mass is 10.1. The van der Waals surface area contributed by atoms with E-state index in [0.717, 1.165) is 11.3 Å². The molecule has 8 nitrogen and oxygen atoms in total. The zero-order chi connectivity index (χ0) is 15.4. The van der Waals surface area contributed by atoms with Crippen molar-refractivity contribution in [3.05, 3.63) is 52.0 Å². The lowest BCUT2D eigenvalue weighted by Crippen LogP contribution is -2.18. The summed E-state index contributed by atoms with van der Waals surface area (Å²) >= 11 is 1.35. The van der Waals surface area contributed by atoms with Crippen molar-refractivity contribution in [1.29, 1.82) is 0 Å². The fourth-order valence-corrected chi connectivity index (χ4v) is 2.61. The quantitative estimate of drug-likeness (QED) is 0.524. The molecule has 110 valence electrons. The molecule has 3 aromatic rings. The first-order chi connectivity index (χ1) is 10.7. The number of aromatic nitrogens is 6. The normalized spacial score (nSPS) is 10.5. The molecule has 0 saturated carbocycles. The van der Waals surface area contributed by atoms with Gasteiger partial charge in [0.15, 0.2) is 0 Å². The molecule has 3 rings (SSSR count). The van der Waals surface area contributed by atoms with Crippen LogP contribution in [0.4, 0.5) is 0 Å². The standard InChI is InChI=1S/C13H10N6O2S/c20-10(12(21)13-16-18-19-17-13)6-11-15-9(7-22-11)5-8-1-3-14-4-2-8/h1-4,7H,5-6H2,(H,16,17,18,19). The van der Waals surface area contributed by atoms with E-state index in [4.69, 9.17) is 0 Å². The van der Waals surface area contributed by atoms with Crippen LogP contribution in [0.25, 0.3) is 0 Å². The number of carbonyl (C=O) groups excluding carboxylic acids is 2.